The molecule has 2 aliphatic heterocycles. The molecule has 3 aromatic rings. The zero-order valence-electron chi connectivity index (χ0n) is 18.9. The van der Waals surface area contributed by atoms with E-state index in [0.29, 0.717) is 11.8 Å². The quantitative estimate of drug-likeness (QED) is 0.511. The minimum Gasteiger partial charge on any atom is -0.493 e. The summed E-state index contributed by atoms with van der Waals surface area (Å²) in [6, 6.07) is 5.45. The van der Waals surface area contributed by atoms with E-state index in [0.717, 1.165) is 12.1 Å². The van der Waals surface area contributed by atoms with Gasteiger partial charge in [0, 0.05) is 31.4 Å². The molecular formula is C24H19F5N4O3. The van der Waals surface area contributed by atoms with Crippen LogP contribution in [0.5, 0.6) is 5.75 Å². The largest absolute Gasteiger partial charge is 0.493 e. The van der Waals surface area contributed by atoms with Crippen molar-refractivity contribution in [2.75, 3.05) is 19.7 Å². The molecule has 1 amide bonds. The first kappa shape index (κ1) is 22.7. The van der Waals surface area contributed by atoms with Gasteiger partial charge in [0.05, 0.1) is 35.5 Å². The number of hydrogen-bond donors (Lipinski definition) is 0. The number of aryl methyl sites for hydroxylation is 1. The second-order valence-electron chi connectivity index (χ2n) is 9.38. The van der Waals surface area contributed by atoms with Gasteiger partial charge in [0.15, 0.2) is 0 Å². The Hall–Kier alpha value is -3.70. The number of amides is 1. The molecule has 2 unspecified atom stereocenters. The Morgan fingerprint density at radius 1 is 1.14 bits per heavy atom. The fourth-order valence-electron chi connectivity index (χ4n) is 5.46. The Morgan fingerprint density at radius 3 is 2.61 bits per heavy atom. The van der Waals surface area contributed by atoms with Gasteiger partial charge in [0.25, 0.3) is 17.4 Å². The highest BCUT2D eigenvalue weighted by molar-refractivity contribution is 5.93. The van der Waals surface area contributed by atoms with E-state index >= 15 is 8.78 Å². The van der Waals surface area contributed by atoms with Gasteiger partial charge in [-0.1, -0.05) is 0 Å². The maximum absolute atomic E-state index is 15.2. The number of nitrogens with zero attached hydrogens (tertiary/aromatic N) is 4. The van der Waals surface area contributed by atoms with Crippen molar-refractivity contribution >= 4 is 5.91 Å². The minimum atomic E-state index is -4.72. The van der Waals surface area contributed by atoms with E-state index in [1.807, 2.05) is 0 Å². The summed E-state index contributed by atoms with van der Waals surface area (Å²) in [5.74, 6) is -5.40. The summed E-state index contributed by atoms with van der Waals surface area (Å²) in [4.78, 5) is 31.6. The van der Waals surface area contributed by atoms with Crippen LogP contribution in [0.4, 0.5) is 22.0 Å². The van der Waals surface area contributed by atoms with Crippen LogP contribution in [0, 0.1) is 12.8 Å². The Labute approximate surface area is 200 Å². The summed E-state index contributed by atoms with van der Waals surface area (Å²) >= 11 is 0. The third kappa shape index (κ3) is 2.99. The summed E-state index contributed by atoms with van der Waals surface area (Å²) in [6.07, 6.45) is -1.59. The highest BCUT2D eigenvalue weighted by atomic mass is 19.4. The number of ether oxygens (including phenoxy) is 1. The molecule has 12 heteroatoms. The first-order valence-corrected chi connectivity index (χ1v) is 11.2. The van der Waals surface area contributed by atoms with Crippen LogP contribution in [-0.4, -0.2) is 50.5 Å². The number of carbonyl (C=O) groups is 1. The predicted molar refractivity (Wildman–Crippen MR) is 116 cm³/mol. The molecule has 0 saturated heterocycles. The average molecular weight is 506 g/mol. The lowest BCUT2D eigenvalue weighted by molar-refractivity contribution is -0.137. The molecule has 188 valence electrons. The summed E-state index contributed by atoms with van der Waals surface area (Å²) in [5.41, 5.74) is -2.72. The molecule has 2 aromatic heterocycles. The third-order valence-electron chi connectivity index (χ3n) is 7.42. The van der Waals surface area contributed by atoms with E-state index in [1.54, 1.807) is 13.1 Å². The molecule has 1 fully saturated rings. The highest BCUT2D eigenvalue weighted by Crippen LogP contribution is 2.70. The minimum absolute atomic E-state index is 0.0279. The van der Waals surface area contributed by atoms with Crippen molar-refractivity contribution in [2.45, 2.75) is 31.0 Å². The van der Waals surface area contributed by atoms with Crippen molar-refractivity contribution < 1.29 is 31.5 Å². The van der Waals surface area contributed by atoms with Gasteiger partial charge in [-0.25, -0.2) is 13.8 Å². The van der Waals surface area contributed by atoms with E-state index in [4.69, 9.17) is 4.74 Å². The van der Waals surface area contributed by atoms with Crippen LogP contribution < -0.4 is 10.3 Å². The molecule has 1 saturated carbocycles. The van der Waals surface area contributed by atoms with Gasteiger partial charge in [0.1, 0.15) is 17.1 Å². The van der Waals surface area contributed by atoms with Gasteiger partial charge in [-0.05, 0) is 37.3 Å². The lowest BCUT2D eigenvalue weighted by atomic mass is 9.88. The van der Waals surface area contributed by atoms with Crippen molar-refractivity contribution in [2.24, 2.45) is 5.92 Å². The summed E-state index contributed by atoms with van der Waals surface area (Å²) in [6.45, 7) is 0.923. The lowest BCUT2D eigenvalue weighted by Crippen LogP contribution is -2.49. The summed E-state index contributed by atoms with van der Waals surface area (Å²) < 4.78 is 78.6. The SMILES string of the molecule is Cc1cn(-c2ccc3n(c2=O)CCN(CC24c5cc(C(F)(F)F)ccc5OCC2C4(F)F)C3=O)cn1. The number of rotatable bonds is 3. The number of aromatic nitrogens is 3. The van der Waals surface area contributed by atoms with Gasteiger partial charge in [0.2, 0.25) is 0 Å². The van der Waals surface area contributed by atoms with Gasteiger partial charge in [-0.2, -0.15) is 13.2 Å². The topological polar surface area (TPSA) is 69.4 Å². The lowest BCUT2D eigenvalue weighted by Gasteiger charge is -2.35. The molecule has 6 rings (SSSR count). The second kappa shape index (κ2) is 7.17. The fraction of sp³-hybridized carbons (Fsp3) is 0.375. The number of fused-ring (bicyclic) bond motifs is 4. The van der Waals surface area contributed by atoms with Crippen molar-refractivity contribution in [3.05, 3.63) is 75.7 Å². The van der Waals surface area contributed by atoms with E-state index in [-0.39, 0.29) is 42.4 Å². The highest BCUT2D eigenvalue weighted by Gasteiger charge is 2.83. The third-order valence-corrected chi connectivity index (χ3v) is 7.42. The molecule has 1 aliphatic carbocycles. The molecule has 0 N–H and O–H groups in total. The van der Waals surface area contributed by atoms with E-state index < -0.39 is 47.0 Å². The number of halogens is 5. The standard InChI is InChI=1S/C24H19F5N4O3/c1-13-9-32(12-30-13)16-3-4-17-20(34)31(6-7-33(17)21(16)35)11-22-15-8-14(24(27,28)29)2-5-18(15)36-10-19(22)23(22,25)26/h2-5,8-9,12,19H,6-7,10-11H2,1H3. The Kier molecular flexibility index (Phi) is 4.53. The number of imidazole rings is 1. The van der Waals surface area contributed by atoms with Gasteiger partial charge < -0.3 is 18.8 Å². The van der Waals surface area contributed by atoms with Gasteiger partial charge >= 0.3 is 6.18 Å². The number of hydrogen-bond acceptors (Lipinski definition) is 4. The van der Waals surface area contributed by atoms with Crippen molar-refractivity contribution in [1.29, 1.82) is 0 Å². The Bertz CT molecular complexity index is 1480. The Morgan fingerprint density at radius 2 is 1.92 bits per heavy atom. The maximum atomic E-state index is 15.2. The van der Waals surface area contributed by atoms with E-state index in [2.05, 4.69) is 4.98 Å². The van der Waals surface area contributed by atoms with Crippen LogP contribution in [0.25, 0.3) is 5.69 Å². The molecule has 4 heterocycles. The van der Waals surface area contributed by atoms with Crippen LogP contribution in [-0.2, 0) is 18.1 Å². The monoisotopic (exact) mass is 506 g/mol. The fourth-order valence-corrected chi connectivity index (χ4v) is 5.46. The predicted octanol–water partition coefficient (Wildman–Crippen LogP) is 3.41. The van der Waals surface area contributed by atoms with E-state index in [9.17, 15) is 22.8 Å². The van der Waals surface area contributed by atoms with Crippen LogP contribution in [0.2, 0.25) is 0 Å². The number of benzene rings is 1. The smallest absolute Gasteiger partial charge is 0.416 e. The van der Waals surface area contributed by atoms with Crippen molar-refractivity contribution in [3.8, 4) is 11.4 Å². The number of pyridine rings is 1. The molecular weight excluding hydrogens is 487 g/mol. The molecule has 1 aromatic carbocycles. The summed E-state index contributed by atoms with van der Waals surface area (Å²) in [7, 11) is 0. The first-order chi connectivity index (χ1) is 16.9. The summed E-state index contributed by atoms with van der Waals surface area (Å²) in [5, 5.41) is 0. The molecule has 0 spiro atoms. The van der Waals surface area contributed by atoms with Crippen LogP contribution in [0.15, 0.2) is 47.7 Å². The van der Waals surface area contributed by atoms with Crippen molar-refractivity contribution in [3.63, 3.8) is 0 Å². The molecule has 0 bridgehead atoms. The molecule has 7 nitrogen and oxygen atoms in total. The van der Waals surface area contributed by atoms with Crippen LogP contribution in [0.3, 0.4) is 0 Å². The van der Waals surface area contributed by atoms with Crippen molar-refractivity contribution in [1.82, 2.24) is 19.0 Å². The number of carbonyl (C=O) groups excluding carboxylic acids is 1. The molecule has 3 aliphatic rings. The maximum Gasteiger partial charge on any atom is 0.416 e. The normalized spacial score (nSPS) is 24.0. The first-order valence-electron chi connectivity index (χ1n) is 11.2. The average Bonchev–Trinajstić information content (AvgIpc) is 3.07. The molecule has 2 atom stereocenters. The molecule has 0 radical (unpaired) electrons. The number of alkyl halides is 5. The Balaban J connectivity index is 1.36. The van der Waals surface area contributed by atoms with Crippen LogP contribution in [0.1, 0.15) is 27.3 Å². The van der Waals surface area contributed by atoms with Gasteiger partial charge in [-0.3, -0.25) is 9.59 Å². The van der Waals surface area contributed by atoms with Gasteiger partial charge in [-0.15, -0.1) is 0 Å². The molecule has 36 heavy (non-hydrogen) atoms. The zero-order valence-corrected chi connectivity index (χ0v) is 18.9. The zero-order chi connectivity index (χ0) is 25.6. The van der Waals surface area contributed by atoms with E-state index in [1.165, 1.54) is 32.5 Å². The van der Waals surface area contributed by atoms with Crippen LogP contribution >= 0.6 is 0 Å². The second-order valence-corrected chi connectivity index (χ2v) is 9.38.